The Balaban J connectivity index is 1.37. The van der Waals surface area contributed by atoms with E-state index in [2.05, 4.69) is 29.5 Å². The molecule has 8 rings (SSSR count). The molecule has 0 aliphatic carbocycles. The van der Waals surface area contributed by atoms with E-state index in [4.69, 9.17) is 35.3 Å². The Morgan fingerprint density at radius 3 is 1.36 bits per heavy atom. The monoisotopic (exact) mass is 856 g/mol. The molecule has 0 N–H and O–H groups in total. The highest BCUT2D eigenvalue weighted by molar-refractivity contribution is 14.1. The number of halogens is 1. The maximum atomic E-state index is 6.94. The van der Waals surface area contributed by atoms with Gasteiger partial charge in [-0.1, -0.05) is 86.1 Å². The van der Waals surface area contributed by atoms with Gasteiger partial charge in [0.05, 0.1) is 17.8 Å². The fraction of sp³-hybridized carbons (Fsp3) is 0.143. The van der Waals surface area contributed by atoms with Gasteiger partial charge < -0.3 is 35.3 Å². The van der Waals surface area contributed by atoms with Gasteiger partial charge in [-0.2, -0.15) is 0 Å². The molecule has 268 valence electrons. The van der Waals surface area contributed by atoms with E-state index in [1.807, 2.05) is 121 Å². The van der Waals surface area contributed by atoms with Crippen molar-refractivity contribution in [2.45, 2.75) is 26.2 Å². The number of ether oxygens (including phenoxy) is 2. The van der Waals surface area contributed by atoms with E-state index in [1.54, 1.807) is 14.2 Å². The van der Waals surface area contributed by atoms with Crippen LogP contribution in [0, 0.1) is 3.57 Å². The van der Waals surface area contributed by atoms with E-state index in [0.29, 0.717) is 56.5 Å². The summed E-state index contributed by atoms with van der Waals surface area (Å²) < 4.78 is 52.3. The molecule has 8 aromatic rings. The van der Waals surface area contributed by atoms with E-state index in [1.165, 1.54) is 0 Å². The van der Waals surface area contributed by atoms with Gasteiger partial charge in [0, 0.05) is 32.7 Å². The molecule has 2 heterocycles. The Hall–Kier alpha value is -4.95. The van der Waals surface area contributed by atoms with Gasteiger partial charge in [-0.15, -0.1) is 0 Å². The van der Waals surface area contributed by atoms with Crippen LogP contribution in [0.3, 0.4) is 0 Å². The molecule has 0 fully saturated rings. The molecule has 0 atom stereocenters. The molecule has 2 aromatic heterocycles. The third kappa shape index (κ3) is 7.21. The van der Waals surface area contributed by atoms with Crippen LogP contribution < -0.4 is 18.5 Å². The average molecular weight is 857 g/mol. The van der Waals surface area contributed by atoms with Gasteiger partial charge >= 0.3 is 16.5 Å². The smallest absolute Gasteiger partial charge is 0.453 e. The maximum absolute atomic E-state index is 6.94. The van der Waals surface area contributed by atoms with Crippen molar-refractivity contribution in [3.05, 3.63) is 130 Å². The van der Waals surface area contributed by atoms with Crippen molar-refractivity contribution in [3.63, 3.8) is 0 Å². The molecule has 0 bridgehead atoms. The largest absolute Gasteiger partial charge is 0.497 e. The Morgan fingerprint density at radius 1 is 0.528 bits per heavy atom. The zero-order valence-electron chi connectivity index (χ0n) is 29.2. The number of para-hydroxylation sites is 4. The van der Waals surface area contributed by atoms with E-state index in [0.717, 1.165) is 49.9 Å². The van der Waals surface area contributed by atoms with Crippen LogP contribution in [0.2, 0.25) is 0 Å². The minimum Gasteiger partial charge on any atom is -0.497 e. The number of hydrogen-bond acceptors (Lipinski definition) is 8. The molecular formula is C42H35IO8P2. The second kappa shape index (κ2) is 15.6. The van der Waals surface area contributed by atoms with Gasteiger partial charge in [0.25, 0.3) is 0 Å². The molecule has 11 heteroatoms. The van der Waals surface area contributed by atoms with Crippen LogP contribution in [-0.2, 0) is 6.42 Å². The second-order valence-corrected chi connectivity index (χ2v) is 15.4. The van der Waals surface area contributed by atoms with E-state index >= 15 is 0 Å². The van der Waals surface area contributed by atoms with Gasteiger partial charge in [0.15, 0.2) is 5.75 Å². The van der Waals surface area contributed by atoms with Crippen LogP contribution in [-0.4, -0.2) is 14.2 Å². The van der Waals surface area contributed by atoms with Crippen LogP contribution in [0.25, 0.3) is 55.0 Å². The number of benzene rings is 6. The van der Waals surface area contributed by atoms with E-state index < -0.39 is 16.5 Å². The van der Waals surface area contributed by atoms with Gasteiger partial charge in [0.2, 0.25) is 0 Å². The fourth-order valence-corrected chi connectivity index (χ4v) is 9.37. The summed E-state index contributed by atoms with van der Waals surface area (Å²) in [6, 6.07) is 39.4. The Morgan fingerprint density at radius 2 is 0.925 bits per heavy atom. The van der Waals surface area contributed by atoms with E-state index in [9.17, 15) is 0 Å². The minimum absolute atomic E-state index is 0.542. The number of aryl methyl sites for hydroxylation is 1. The van der Waals surface area contributed by atoms with Crippen LogP contribution >= 0.6 is 39.1 Å². The van der Waals surface area contributed by atoms with Crippen LogP contribution in [0.1, 0.15) is 25.3 Å². The lowest BCUT2D eigenvalue weighted by molar-refractivity contribution is 0.412. The highest BCUT2D eigenvalue weighted by atomic mass is 127. The molecule has 6 aromatic carbocycles. The summed E-state index contributed by atoms with van der Waals surface area (Å²) in [4.78, 5) is 0. The molecule has 0 radical (unpaired) electrons. The van der Waals surface area contributed by atoms with Crippen molar-refractivity contribution in [1.29, 1.82) is 0 Å². The van der Waals surface area contributed by atoms with Crippen LogP contribution in [0.4, 0.5) is 0 Å². The number of methoxy groups -OCH3 is 2. The van der Waals surface area contributed by atoms with Crippen molar-refractivity contribution >= 4 is 82.9 Å². The average Bonchev–Trinajstić information content (AvgIpc) is 3.45. The normalized spacial score (nSPS) is 11.2. The lowest BCUT2D eigenvalue weighted by atomic mass is 9.97. The van der Waals surface area contributed by atoms with Gasteiger partial charge in [-0.25, -0.2) is 0 Å². The molecule has 0 saturated heterocycles. The van der Waals surface area contributed by atoms with Crippen molar-refractivity contribution in [2.75, 3.05) is 14.2 Å². The summed E-state index contributed by atoms with van der Waals surface area (Å²) in [5.41, 5.74) is 5.07. The first-order valence-corrected chi connectivity index (χ1v) is 20.4. The zero-order valence-corrected chi connectivity index (χ0v) is 33.2. The fourth-order valence-electron chi connectivity index (χ4n) is 6.27. The Bertz CT molecular complexity index is 2570. The first-order chi connectivity index (χ1) is 26.0. The number of rotatable bonds is 10. The van der Waals surface area contributed by atoms with Gasteiger partial charge in [-0.3, -0.25) is 0 Å². The summed E-state index contributed by atoms with van der Waals surface area (Å²) in [6.45, 7) is 2.17. The summed E-state index contributed by atoms with van der Waals surface area (Å²) in [7, 11) is -0.621. The lowest BCUT2D eigenvalue weighted by Gasteiger charge is -2.19. The van der Waals surface area contributed by atoms with Gasteiger partial charge in [0.1, 0.15) is 39.6 Å². The third-order valence-corrected chi connectivity index (χ3v) is 11.7. The highest BCUT2D eigenvalue weighted by Gasteiger charge is 2.24. The van der Waals surface area contributed by atoms with Crippen LogP contribution in [0.15, 0.2) is 138 Å². The topological polar surface area (TPSA) is 89.5 Å². The standard InChI is InChI=1S/C42H35IO8P2/c1-4-5-14-27-23-28(44-2)24-34(41(27)50-52-46-37-19-10-6-15-30(37)31-16-7-11-20-38(31)47-52)35-25-29(45-3)26-36(43)42(35)51-53-48-39-21-12-8-17-32(39)33-18-9-13-22-40(33)49-53/h6-13,15-26H,4-5,14H2,1-3H3. The summed E-state index contributed by atoms with van der Waals surface area (Å²) in [6.07, 6.45) is 2.65. The zero-order chi connectivity index (χ0) is 36.3. The van der Waals surface area contributed by atoms with Crippen molar-refractivity contribution < 1.29 is 35.3 Å². The van der Waals surface area contributed by atoms with E-state index in [-0.39, 0.29) is 0 Å². The molecule has 0 amide bonds. The Kier molecular flexibility index (Phi) is 10.3. The summed E-state index contributed by atoms with van der Waals surface area (Å²) in [5, 5.41) is 3.73. The third-order valence-electron chi connectivity index (χ3n) is 8.87. The molecule has 0 saturated carbocycles. The predicted octanol–water partition coefficient (Wildman–Crippen LogP) is 14.2. The maximum Gasteiger partial charge on any atom is 0.453 e. The van der Waals surface area contributed by atoms with Crippen molar-refractivity contribution in [3.8, 4) is 34.1 Å². The lowest BCUT2D eigenvalue weighted by Crippen LogP contribution is -1.99. The van der Waals surface area contributed by atoms with Crippen molar-refractivity contribution in [2.24, 2.45) is 0 Å². The highest BCUT2D eigenvalue weighted by Crippen LogP contribution is 2.50. The van der Waals surface area contributed by atoms with Crippen molar-refractivity contribution in [1.82, 2.24) is 0 Å². The second-order valence-electron chi connectivity index (χ2n) is 12.2. The first kappa shape index (κ1) is 35.1. The SMILES string of the molecule is CCCCc1cc(OC)cc(-c2cc(OC)cc(I)c2Op2oc3ccccc3c3ccccc3o2)c1Op1oc2ccccc2c2ccccc2o1. The molecule has 53 heavy (non-hydrogen) atoms. The first-order valence-electron chi connectivity index (χ1n) is 17.2. The Labute approximate surface area is 321 Å². The molecule has 0 spiro atoms. The molecule has 0 unspecified atom stereocenters. The molecule has 8 nitrogen and oxygen atoms in total. The predicted molar refractivity (Wildman–Crippen MR) is 221 cm³/mol. The number of fused-ring (bicyclic) bond motifs is 6. The number of hydrogen-bond donors (Lipinski definition) is 0. The molecule has 0 aliphatic heterocycles. The molecular weight excluding hydrogens is 821 g/mol. The van der Waals surface area contributed by atoms with Crippen LogP contribution in [0.5, 0.6) is 23.0 Å². The quantitative estimate of drug-likeness (QED) is 0.126. The van der Waals surface area contributed by atoms with Gasteiger partial charge in [-0.05, 0) is 89.5 Å². The summed E-state index contributed by atoms with van der Waals surface area (Å²) in [5.74, 6) is 2.45. The summed E-state index contributed by atoms with van der Waals surface area (Å²) >= 11 is 2.27. The number of unbranched alkanes of at least 4 members (excludes halogenated alkanes) is 1. The molecule has 0 aliphatic rings. The minimum atomic E-state index is -1.97.